The lowest BCUT2D eigenvalue weighted by Gasteiger charge is -2.34. The SMILES string of the molecule is CCOc1ccc(C2CCCCN2S(=O)(=O)c2ccc(C)cc2)cn1. The molecule has 0 bridgehead atoms. The van der Waals surface area contributed by atoms with Gasteiger partial charge in [0.25, 0.3) is 0 Å². The van der Waals surface area contributed by atoms with Crippen molar-refractivity contribution in [2.24, 2.45) is 0 Å². The summed E-state index contributed by atoms with van der Waals surface area (Å²) in [5.41, 5.74) is 1.96. The first kappa shape index (κ1) is 17.9. The van der Waals surface area contributed by atoms with E-state index in [1.807, 2.05) is 38.1 Å². The molecule has 1 aromatic carbocycles. The number of nitrogens with zero attached hydrogens (tertiary/aromatic N) is 2. The molecule has 6 heteroatoms. The van der Waals surface area contributed by atoms with Gasteiger partial charge in [0.15, 0.2) is 0 Å². The van der Waals surface area contributed by atoms with Gasteiger partial charge in [0, 0.05) is 18.8 Å². The Morgan fingerprint density at radius 2 is 1.92 bits per heavy atom. The Balaban J connectivity index is 1.91. The number of hydrogen-bond donors (Lipinski definition) is 0. The molecule has 3 rings (SSSR count). The van der Waals surface area contributed by atoms with Gasteiger partial charge in [0.2, 0.25) is 15.9 Å². The zero-order chi connectivity index (χ0) is 17.9. The molecule has 1 aromatic heterocycles. The molecule has 2 aromatic rings. The van der Waals surface area contributed by atoms with Crippen LogP contribution in [0.1, 0.15) is 43.4 Å². The summed E-state index contributed by atoms with van der Waals surface area (Å²) in [6.45, 7) is 4.95. The highest BCUT2D eigenvalue weighted by Gasteiger charge is 2.34. The van der Waals surface area contributed by atoms with Crippen molar-refractivity contribution < 1.29 is 13.2 Å². The number of piperidine rings is 1. The first-order valence-electron chi connectivity index (χ1n) is 8.69. The maximum absolute atomic E-state index is 13.1. The van der Waals surface area contributed by atoms with Gasteiger partial charge in [-0.2, -0.15) is 4.31 Å². The van der Waals surface area contributed by atoms with Gasteiger partial charge in [0.05, 0.1) is 17.5 Å². The van der Waals surface area contributed by atoms with E-state index in [0.717, 1.165) is 30.4 Å². The van der Waals surface area contributed by atoms with Crippen LogP contribution in [0.2, 0.25) is 0 Å². The molecule has 0 amide bonds. The number of aromatic nitrogens is 1. The third-order valence-corrected chi connectivity index (χ3v) is 6.44. The second-order valence-corrected chi connectivity index (χ2v) is 8.19. The van der Waals surface area contributed by atoms with Crippen LogP contribution in [0.25, 0.3) is 0 Å². The molecule has 0 radical (unpaired) electrons. The lowest BCUT2D eigenvalue weighted by Crippen LogP contribution is -2.38. The van der Waals surface area contributed by atoms with E-state index in [1.165, 1.54) is 0 Å². The topological polar surface area (TPSA) is 59.5 Å². The van der Waals surface area contributed by atoms with E-state index in [0.29, 0.717) is 23.9 Å². The van der Waals surface area contributed by atoms with Gasteiger partial charge in [-0.15, -0.1) is 0 Å². The van der Waals surface area contributed by atoms with Crippen molar-refractivity contribution in [3.63, 3.8) is 0 Å². The lowest BCUT2D eigenvalue weighted by molar-refractivity contribution is 0.255. The average molecular weight is 360 g/mol. The van der Waals surface area contributed by atoms with Gasteiger partial charge in [-0.3, -0.25) is 0 Å². The fraction of sp³-hybridized carbons (Fsp3) is 0.421. The van der Waals surface area contributed by atoms with Crippen molar-refractivity contribution in [3.8, 4) is 5.88 Å². The summed E-state index contributed by atoms with van der Waals surface area (Å²) in [5, 5.41) is 0. The van der Waals surface area contributed by atoms with Crippen LogP contribution in [0.4, 0.5) is 0 Å². The summed E-state index contributed by atoms with van der Waals surface area (Å²) in [6.07, 6.45) is 4.43. The Hall–Kier alpha value is -1.92. The molecule has 0 aliphatic carbocycles. The van der Waals surface area contributed by atoms with Crippen LogP contribution in [-0.2, 0) is 10.0 Å². The van der Waals surface area contributed by atoms with Crippen molar-refractivity contribution >= 4 is 10.0 Å². The van der Waals surface area contributed by atoms with Gasteiger partial charge in [-0.05, 0) is 44.4 Å². The number of rotatable bonds is 5. The van der Waals surface area contributed by atoms with E-state index in [1.54, 1.807) is 22.6 Å². The molecular formula is C19H24N2O3S. The van der Waals surface area contributed by atoms with Gasteiger partial charge < -0.3 is 4.74 Å². The van der Waals surface area contributed by atoms with Crippen molar-refractivity contribution in [1.29, 1.82) is 0 Å². The molecule has 5 nitrogen and oxygen atoms in total. The molecule has 25 heavy (non-hydrogen) atoms. The smallest absolute Gasteiger partial charge is 0.243 e. The van der Waals surface area contributed by atoms with Crippen molar-refractivity contribution in [2.45, 2.75) is 44.0 Å². The number of aryl methyl sites for hydroxylation is 1. The minimum atomic E-state index is -3.52. The number of pyridine rings is 1. The zero-order valence-electron chi connectivity index (χ0n) is 14.7. The lowest BCUT2D eigenvalue weighted by atomic mass is 9.99. The Kier molecular flexibility index (Phi) is 5.39. The predicted octanol–water partition coefficient (Wildman–Crippen LogP) is 3.70. The van der Waals surface area contributed by atoms with Gasteiger partial charge in [-0.1, -0.05) is 30.2 Å². The second kappa shape index (κ2) is 7.54. The minimum absolute atomic E-state index is 0.178. The Morgan fingerprint density at radius 3 is 2.56 bits per heavy atom. The fourth-order valence-corrected chi connectivity index (χ4v) is 4.88. The molecule has 1 aliphatic heterocycles. The van der Waals surface area contributed by atoms with E-state index < -0.39 is 10.0 Å². The van der Waals surface area contributed by atoms with E-state index in [9.17, 15) is 8.42 Å². The molecule has 0 saturated carbocycles. The highest BCUT2D eigenvalue weighted by molar-refractivity contribution is 7.89. The molecule has 1 atom stereocenters. The summed E-state index contributed by atoms with van der Waals surface area (Å²) < 4.78 is 33.3. The van der Waals surface area contributed by atoms with E-state index >= 15 is 0 Å². The Morgan fingerprint density at radius 1 is 1.16 bits per heavy atom. The molecule has 0 spiro atoms. The first-order chi connectivity index (χ1) is 12.0. The van der Waals surface area contributed by atoms with E-state index in [2.05, 4.69) is 4.98 Å². The van der Waals surface area contributed by atoms with Crippen LogP contribution in [-0.4, -0.2) is 30.9 Å². The maximum atomic E-state index is 13.1. The maximum Gasteiger partial charge on any atom is 0.243 e. The molecule has 1 unspecified atom stereocenters. The Bertz CT molecular complexity index is 802. The number of hydrogen-bond acceptors (Lipinski definition) is 4. The summed E-state index contributed by atoms with van der Waals surface area (Å²) in [4.78, 5) is 4.65. The molecule has 1 saturated heterocycles. The highest BCUT2D eigenvalue weighted by atomic mass is 32.2. The van der Waals surface area contributed by atoms with E-state index in [4.69, 9.17) is 4.74 Å². The standard InChI is InChI=1S/C19H24N2O3S/c1-3-24-19-12-9-16(14-20-19)18-6-4-5-13-21(18)25(22,23)17-10-7-15(2)8-11-17/h7-12,14,18H,3-6,13H2,1-2H3. The van der Waals surface area contributed by atoms with Crippen LogP contribution in [0, 0.1) is 6.92 Å². The highest BCUT2D eigenvalue weighted by Crippen LogP contribution is 2.35. The summed E-state index contributed by atoms with van der Waals surface area (Å²) in [7, 11) is -3.52. The zero-order valence-corrected chi connectivity index (χ0v) is 15.5. The van der Waals surface area contributed by atoms with Crippen LogP contribution in [0.3, 0.4) is 0 Å². The summed E-state index contributed by atoms with van der Waals surface area (Å²) >= 11 is 0. The molecular weight excluding hydrogens is 336 g/mol. The number of ether oxygens (including phenoxy) is 1. The van der Waals surface area contributed by atoms with Crippen LogP contribution < -0.4 is 4.74 Å². The largest absolute Gasteiger partial charge is 0.478 e. The predicted molar refractivity (Wildman–Crippen MR) is 97.1 cm³/mol. The van der Waals surface area contributed by atoms with Crippen molar-refractivity contribution in [2.75, 3.05) is 13.2 Å². The molecule has 2 heterocycles. The minimum Gasteiger partial charge on any atom is -0.478 e. The average Bonchev–Trinajstić information content (AvgIpc) is 2.63. The van der Waals surface area contributed by atoms with Gasteiger partial charge in [-0.25, -0.2) is 13.4 Å². The number of sulfonamides is 1. The van der Waals surface area contributed by atoms with Gasteiger partial charge in [0.1, 0.15) is 0 Å². The first-order valence-corrected chi connectivity index (χ1v) is 10.1. The monoisotopic (exact) mass is 360 g/mol. The van der Waals surface area contributed by atoms with Crippen LogP contribution in [0.15, 0.2) is 47.5 Å². The normalized spacial score (nSPS) is 18.9. The van der Waals surface area contributed by atoms with Crippen molar-refractivity contribution in [1.82, 2.24) is 9.29 Å². The van der Waals surface area contributed by atoms with Crippen LogP contribution >= 0.6 is 0 Å². The summed E-state index contributed by atoms with van der Waals surface area (Å²) in [5.74, 6) is 0.565. The molecule has 1 fully saturated rings. The molecule has 1 aliphatic rings. The number of benzene rings is 1. The molecule has 134 valence electrons. The molecule has 0 N–H and O–H groups in total. The van der Waals surface area contributed by atoms with Gasteiger partial charge >= 0.3 is 0 Å². The quantitative estimate of drug-likeness (QED) is 0.816. The third kappa shape index (κ3) is 3.85. The second-order valence-electron chi connectivity index (χ2n) is 6.30. The summed E-state index contributed by atoms with van der Waals surface area (Å²) in [6, 6.07) is 10.6. The third-order valence-electron chi connectivity index (χ3n) is 4.52. The van der Waals surface area contributed by atoms with Crippen molar-refractivity contribution in [3.05, 3.63) is 53.7 Å². The Labute approximate surface area is 149 Å². The van der Waals surface area contributed by atoms with E-state index in [-0.39, 0.29) is 6.04 Å². The van der Waals surface area contributed by atoms with Crippen LogP contribution in [0.5, 0.6) is 5.88 Å². The fourth-order valence-electron chi connectivity index (χ4n) is 3.19.